The third-order valence-electron chi connectivity index (χ3n) is 4.73. The van der Waals surface area contributed by atoms with Gasteiger partial charge in [-0.25, -0.2) is 4.39 Å². The highest BCUT2D eigenvalue weighted by atomic mass is 19.1. The van der Waals surface area contributed by atoms with Gasteiger partial charge in [0.25, 0.3) is 0 Å². The maximum absolute atomic E-state index is 13.9. The number of nitrogens with one attached hydrogen (secondary N) is 1. The summed E-state index contributed by atoms with van der Waals surface area (Å²) in [4.78, 5) is 0. The molecular weight excluding hydrogens is 269 g/mol. The molecule has 2 aliphatic rings. The van der Waals surface area contributed by atoms with Crippen molar-refractivity contribution in [2.75, 3.05) is 20.2 Å². The Balaban J connectivity index is 1.77. The molecular formula is C17H24FNO2. The van der Waals surface area contributed by atoms with Crippen LogP contribution in [0.1, 0.15) is 50.2 Å². The van der Waals surface area contributed by atoms with E-state index in [4.69, 9.17) is 9.47 Å². The van der Waals surface area contributed by atoms with Crippen molar-refractivity contribution in [1.82, 2.24) is 5.32 Å². The number of hydrogen-bond donors (Lipinski definition) is 1. The molecule has 4 heteroatoms. The van der Waals surface area contributed by atoms with Crippen LogP contribution in [0.5, 0.6) is 5.75 Å². The van der Waals surface area contributed by atoms with Crippen LogP contribution in [0.4, 0.5) is 4.39 Å². The molecule has 1 spiro atoms. The van der Waals surface area contributed by atoms with Crippen LogP contribution >= 0.6 is 0 Å². The van der Waals surface area contributed by atoms with Gasteiger partial charge in [-0.1, -0.05) is 31.7 Å². The molecule has 1 saturated heterocycles. The van der Waals surface area contributed by atoms with Crippen molar-refractivity contribution < 1.29 is 13.9 Å². The zero-order valence-electron chi connectivity index (χ0n) is 12.7. The standard InChI is InChI=1S/C17H24FNO2/c1-20-15-7-6-13(10-14(15)18)16-11-19-12-17(21-16)8-4-2-3-5-9-17/h6-7,10,16,19H,2-5,8-9,11-12H2,1H3. The average molecular weight is 293 g/mol. The van der Waals surface area contributed by atoms with Crippen molar-refractivity contribution in [1.29, 1.82) is 0 Å². The zero-order valence-corrected chi connectivity index (χ0v) is 12.7. The number of benzene rings is 1. The van der Waals surface area contributed by atoms with Crippen LogP contribution in [0.3, 0.4) is 0 Å². The molecule has 0 bridgehead atoms. The normalized spacial score (nSPS) is 25.5. The highest BCUT2D eigenvalue weighted by Gasteiger charge is 2.38. The Morgan fingerprint density at radius 1 is 1.24 bits per heavy atom. The van der Waals surface area contributed by atoms with Gasteiger partial charge in [0.1, 0.15) is 0 Å². The average Bonchev–Trinajstić information content (AvgIpc) is 2.73. The summed E-state index contributed by atoms with van der Waals surface area (Å²) in [6.45, 7) is 1.66. The molecule has 1 heterocycles. The van der Waals surface area contributed by atoms with Gasteiger partial charge in [0.2, 0.25) is 0 Å². The van der Waals surface area contributed by atoms with E-state index in [-0.39, 0.29) is 23.3 Å². The number of halogens is 1. The lowest BCUT2D eigenvalue weighted by molar-refractivity contribution is -0.126. The first-order chi connectivity index (χ1) is 10.2. The van der Waals surface area contributed by atoms with E-state index in [9.17, 15) is 4.39 Å². The molecule has 1 unspecified atom stereocenters. The van der Waals surface area contributed by atoms with Crippen LogP contribution in [-0.2, 0) is 4.74 Å². The maximum atomic E-state index is 13.9. The Bertz CT molecular complexity index is 484. The zero-order chi connectivity index (χ0) is 14.7. The van der Waals surface area contributed by atoms with E-state index in [1.54, 1.807) is 12.1 Å². The molecule has 1 aromatic carbocycles. The molecule has 116 valence electrons. The van der Waals surface area contributed by atoms with E-state index < -0.39 is 0 Å². The lowest BCUT2D eigenvalue weighted by Crippen LogP contribution is -2.50. The van der Waals surface area contributed by atoms with Crippen molar-refractivity contribution in [3.63, 3.8) is 0 Å². The quantitative estimate of drug-likeness (QED) is 0.904. The molecule has 3 rings (SSSR count). The fourth-order valence-electron chi connectivity index (χ4n) is 3.55. The maximum Gasteiger partial charge on any atom is 0.165 e. The van der Waals surface area contributed by atoms with Crippen LogP contribution < -0.4 is 10.1 Å². The fourth-order valence-corrected chi connectivity index (χ4v) is 3.55. The summed E-state index contributed by atoms with van der Waals surface area (Å²) in [6, 6.07) is 5.13. The summed E-state index contributed by atoms with van der Waals surface area (Å²) in [5.41, 5.74) is 0.833. The van der Waals surface area contributed by atoms with Crippen LogP contribution in [0.2, 0.25) is 0 Å². The summed E-state index contributed by atoms with van der Waals surface area (Å²) in [5.74, 6) is -0.0363. The minimum Gasteiger partial charge on any atom is -0.494 e. The van der Waals surface area contributed by atoms with E-state index in [2.05, 4.69) is 5.32 Å². The summed E-state index contributed by atoms with van der Waals surface area (Å²) in [6.07, 6.45) is 7.19. The van der Waals surface area contributed by atoms with Gasteiger partial charge in [0.05, 0.1) is 18.8 Å². The molecule has 1 aliphatic heterocycles. The first kappa shape index (κ1) is 14.8. The number of methoxy groups -OCH3 is 1. The summed E-state index contributed by atoms with van der Waals surface area (Å²) in [5, 5.41) is 3.49. The van der Waals surface area contributed by atoms with Crippen LogP contribution in [0, 0.1) is 5.82 Å². The summed E-state index contributed by atoms with van der Waals surface area (Å²) in [7, 11) is 1.48. The Morgan fingerprint density at radius 2 is 2.00 bits per heavy atom. The number of morpholine rings is 1. The minimum absolute atomic E-state index is 0.0597. The van der Waals surface area contributed by atoms with Crippen molar-refractivity contribution in [3.05, 3.63) is 29.6 Å². The Kier molecular flexibility index (Phi) is 4.45. The topological polar surface area (TPSA) is 30.5 Å². The Labute approximate surface area is 125 Å². The summed E-state index contributed by atoms with van der Waals surface area (Å²) >= 11 is 0. The fraction of sp³-hybridized carbons (Fsp3) is 0.647. The lowest BCUT2D eigenvalue weighted by atomic mass is 9.91. The number of ether oxygens (including phenoxy) is 2. The SMILES string of the molecule is COc1ccc(C2CNCC3(CCCCCC3)O2)cc1F. The molecule has 1 N–H and O–H groups in total. The Hall–Kier alpha value is -1.13. The number of rotatable bonds is 2. The van der Waals surface area contributed by atoms with Gasteiger partial charge in [-0.2, -0.15) is 0 Å². The monoisotopic (exact) mass is 293 g/mol. The molecule has 1 atom stereocenters. The highest BCUT2D eigenvalue weighted by Crippen LogP contribution is 2.37. The second-order valence-electron chi connectivity index (χ2n) is 6.23. The van der Waals surface area contributed by atoms with Gasteiger partial charge in [-0.3, -0.25) is 0 Å². The third-order valence-corrected chi connectivity index (χ3v) is 4.73. The van der Waals surface area contributed by atoms with Crippen LogP contribution in [-0.4, -0.2) is 25.8 Å². The molecule has 3 nitrogen and oxygen atoms in total. The smallest absolute Gasteiger partial charge is 0.165 e. The van der Waals surface area contributed by atoms with Gasteiger partial charge in [-0.05, 0) is 30.5 Å². The predicted molar refractivity (Wildman–Crippen MR) is 80.1 cm³/mol. The summed E-state index contributed by atoms with van der Waals surface area (Å²) < 4.78 is 25.3. The molecule has 0 aromatic heterocycles. The third kappa shape index (κ3) is 3.22. The highest BCUT2D eigenvalue weighted by molar-refractivity contribution is 5.31. The molecule has 1 aliphatic carbocycles. The lowest BCUT2D eigenvalue weighted by Gasteiger charge is -2.41. The predicted octanol–water partition coefficient (Wildman–Crippen LogP) is 3.59. The van der Waals surface area contributed by atoms with Crippen LogP contribution in [0.15, 0.2) is 18.2 Å². The van der Waals surface area contributed by atoms with E-state index >= 15 is 0 Å². The van der Waals surface area contributed by atoms with E-state index in [1.165, 1.54) is 32.8 Å². The van der Waals surface area contributed by atoms with Crippen molar-refractivity contribution in [2.24, 2.45) is 0 Å². The first-order valence-electron chi connectivity index (χ1n) is 7.94. The Morgan fingerprint density at radius 3 is 2.67 bits per heavy atom. The minimum atomic E-state index is -0.320. The van der Waals surface area contributed by atoms with Gasteiger partial charge >= 0.3 is 0 Å². The van der Waals surface area contributed by atoms with Gasteiger partial charge in [0.15, 0.2) is 11.6 Å². The number of hydrogen-bond acceptors (Lipinski definition) is 3. The molecule has 21 heavy (non-hydrogen) atoms. The van der Waals surface area contributed by atoms with E-state index in [1.807, 2.05) is 6.07 Å². The van der Waals surface area contributed by atoms with Gasteiger partial charge in [0, 0.05) is 13.1 Å². The molecule has 2 fully saturated rings. The van der Waals surface area contributed by atoms with E-state index in [0.717, 1.165) is 31.5 Å². The van der Waals surface area contributed by atoms with Crippen molar-refractivity contribution in [2.45, 2.75) is 50.2 Å². The molecule has 0 radical (unpaired) electrons. The van der Waals surface area contributed by atoms with Gasteiger partial charge < -0.3 is 14.8 Å². The van der Waals surface area contributed by atoms with Crippen molar-refractivity contribution >= 4 is 0 Å². The van der Waals surface area contributed by atoms with E-state index in [0.29, 0.717) is 0 Å². The largest absolute Gasteiger partial charge is 0.494 e. The van der Waals surface area contributed by atoms with Gasteiger partial charge in [-0.15, -0.1) is 0 Å². The molecule has 0 amide bonds. The molecule has 1 aromatic rings. The van der Waals surface area contributed by atoms with Crippen LogP contribution in [0.25, 0.3) is 0 Å². The van der Waals surface area contributed by atoms with Crippen molar-refractivity contribution in [3.8, 4) is 5.75 Å². The first-order valence-corrected chi connectivity index (χ1v) is 7.94. The second kappa shape index (κ2) is 6.32. The molecule has 1 saturated carbocycles. The second-order valence-corrected chi connectivity index (χ2v) is 6.23.